The number of nitriles is 1. The van der Waals surface area contributed by atoms with Crippen LogP contribution in [-0.4, -0.2) is 37.4 Å². The third-order valence-electron chi connectivity index (χ3n) is 3.32. The molecule has 2 rings (SSSR count). The van der Waals surface area contributed by atoms with E-state index in [1.165, 1.54) is 20.9 Å². The third kappa shape index (κ3) is 3.45. The van der Waals surface area contributed by atoms with Gasteiger partial charge in [0.15, 0.2) is 5.76 Å². The second kappa shape index (κ2) is 6.82. The third-order valence-corrected chi connectivity index (χ3v) is 5.37. The number of sulfonamides is 1. The number of anilines is 1. The van der Waals surface area contributed by atoms with Crippen LogP contribution in [0.15, 0.2) is 33.7 Å². The standard InChI is InChI=1S/C15H16N4O4S/c1-10-15(11(2)23-18-10)24(21,22)19(3)9-14(20)17-13-7-5-4-6-12(13)8-16/h4-7H,9H2,1-3H3,(H,17,20). The fourth-order valence-electron chi connectivity index (χ4n) is 2.17. The molecule has 1 amide bonds. The Morgan fingerprint density at radius 2 is 2.04 bits per heavy atom. The van der Waals surface area contributed by atoms with E-state index in [1.54, 1.807) is 24.3 Å². The molecule has 1 aromatic heterocycles. The van der Waals surface area contributed by atoms with Crippen LogP contribution in [0.4, 0.5) is 5.69 Å². The van der Waals surface area contributed by atoms with E-state index < -0.39 is 22.5 Å². The number of amides is 1. The van der Waals surface area contributed by atoms with Crippen LogP contribution in [0.3, 0.4) is 0 Å². The molecule has 8 nitrogen and oxygen atoms in total. The SMILES string of the molecule is Cc1noc(C)c1S(=O)(=O)N(C)CC(=O)Nc1ccccc1C#N. The lowest BCUT2D eigenvalue weighted by molar-refractivity contribution is -0.116. The van der Waals surface area contributed by atoms with Gasteiger partial charge in [-0.25, -0.2) is 8.42 Å². The predicted octanol–water partition coefficient (Wildman–Crippen LogP) is 1.42. The Hall–Kier alpha value is -2.70. The summed E-state index contributed by atoms with van der Waals surface area (Å²) in [6.07, 6.45) is 0. The zero-order valence-electron chi connectivity index (χ0n) is 13.4. The van der Waals surface area contributed by atoms with Crippen LogP contribution < -0.4 is 5.32 Å². The summed E-state index contributed by atoms with van der Waals surface area (Å²) in [6, 6.07) is 8.42. The molecule has 0 atom stereocenters. The first-order chi connectivity index (χ1) is 11.3. The number of aromatic nitrogens is 1. The van der Waals surface area contributed by atoms with Crippen LogP contribution in [0.5, 0.6) is 0 Å². The molecule has 0 radical (unpaired) electrons. The maximum Gasteiger partial charge on any atom is 0.248 e. The Bertz CT molecular complexity index is 892. The van der Waals surface area contributed by atoms with E-state index in [0.717, 1.165) is 4.31 Å². The van der Waals surface area contributed by atoms with Crippen LogP contribution in [0.2, 0.25) is 0 Å². The summed E-state index contributed by atoms with van der Waals surface area (Å²) in [5.41, 5.74) is 0.852. The topological polar surface area (TPSA) is 116 Å². The summed E-state index contributed by atoms with van der Waals surface area (Å²) < 4.78 is 30.9. The van der Waals surface area contributed by atoms with Crippen molar-refractivity contribution >= 4 is 21.6 Å². The fourth-order valence-corrected chi connectivity index (χ4v) is 3.58. The first kappa shape index (κ1) is 17.7. The van der Waals surface area contributed by atoms with Crippen molar-refractivity contribution in [3.05, 3.63) is 41.3 Å². The highest BCUT2D eigenvalue weighted by Crippen LogP contribution is 2.22. The second-order valence-corrected chi connectivity index (χ2v) is 7.10. The molecule has 0 saturated heterocycles. The minimum atomic E-state index is -3.91. The molecular weight excluding hydrogens is 332 g/mol. The fraction of sp³-hybridized carbons (Fsp3) is 0.267. The molecule has 1 heterocycles. The van der Waals surface area contributed by atoms with E-state index in [4.69, 9.17) is 9.78 Å². The average Bonchev–Trinajstić information content (AvgIpc) is 2.87. The number of benzene rings is 1. The van der Waals surface area contributed by atoms with Crippen LogP contribution in [0.1, 0.15) is 17.0 Å². The van der Waals surface area contributed by atoms with Gasteiger partial charge in [-0.1, -0.05) is 17.3 Å². The molecule has 2 aromatic rings. The molecule has 0 aliphatic rings. The van der Waals surface area contributed by atoms with E-state index >= 15 is 0 Å². The van der Waals surface area contributed by atoms with Gasteiger partial charge in [0.1, 0.15) is 16.7 Å². The lowest BCUT2D eigenvalue weighted by Crippen LogP contribution is -2.35. The summed E-state index contributed by atoms with van der Waals surface area (Å²) in [5.74, 6) is -0.398. The highest BCUT2D eigenvalue weighted by atomic mass is 32.2. The van der Waals surface area contributed by atoms with Gasteiger partial charge in [-0.05, 0) is 26.0 Å². The van der Waals surface area contributed by atoms with Gasteiger partial charge in [0.2, 0.25) is 15.9 Å². The van der Waals surface area contributed by atoms with Gasteiger partial charge in [0.25, 0.3) is 0 Å². The van der Waals surface area contributed by atoms with Gasteiger partial charge < -0.3 is 9.84 Å². The lowest BCUT2D eigenvalue weighted by atomic mass is 10.2. The van der Waals surface area contributed by atoms with Gasteiger partial charge in [0.05, 0.1) is 17.8 Å². The summed E-state index contributed by atoms with van der Waals surface area (Å²) in [4.78, 5) is 12.1. The molecule has 24 heavy (non-hydrogen) atoms. The van der Waals surface area contributed by atoms with Crippen molar-refractivity contribution < 1.29 is 17.7 Å². The van der Waals surface area contributed by atoms with Crippen molar-refractivity contribution in [3.8, 4) is 6.07 Å². The molecule has 0 bridgehead atoms. The molecule has 9 heteroatoms. The van der Waals surface area contributed by atoms with Crippen LogP contribution in [0, 0.1) is 25.2 Å². The predicted molar refractivity (Wildman–Crippen MR) is 85.6 cm³/mol. The summed E-state index contributed by atoms with van der Waals surface area (Å²) in [6.45, 7) is 2.59. The highest BCUT2D eigenvalue weighted by molar-refractivity contribution is 7.89. The van der Waals surface area contributed by atoms with Crippen molar-refractivity contribution in [1.82, 2.24) is 9.46 Å². The number of para-hydroxylation sites is 1. The second-order valence-electron chi connectivity index (χ2n) is 5.12. The summed E-state index contributed by atoms with van der Waals surface area (Å²) >= 11 is 0. The Morgan fingerprint density at radius 3 is 2.62 bits per heavy atom. The van der Waals surface area contributed by atoms with Crippen molar-refractivity contribution in [3.63, 3.8) is 0 Å². The van der Waals surface area contributed by atoms with Gasteiger partial charge in [-0.3, -0.25) is 4.79 Å². The van der Waals surface area contributed by atoms with Crippen molar-refractivity contribution in [2.24, 2.45) is 0 Å². The first-order valence-corrected chi connectivity index (χ1v) is 8.39. The molecule has 0 fully saturated rings. The molecule has 0 aliphatic heterocycles. The molecule has 0 spiro atoms. The number of likely N-dealkylation sites (N-methyl/N-ethyl adjacent to an activating group) is 1. The first-order valence-electron chi connectivity index (χ1n) is 6.95. The summed E-state index contributed by atoms with van der Waals surface area (Å²) in [5, 5.41) is 15.2. The number of hydrogen-bond donors (Lipinski definition) is 1. The van der Waals surface area contributed by atoms with Gasteiger partial charge in [-0.2, -0.15) is 9.57 Å². The number of rotatable bonds is 5. The normalized spacial score (nSPS) is 11.3. The zero-order valence-corrected chi connectivity index (χ0v) is 14.2. The Morgan fingerprint density at radius 1 is 1.38 bits per heavy atom. The van der Waals surface area contributed by atoms with Crippen molar-refractivity contribution in [2.45, 2.75) is 18.7 Å². The quantitative estimate of drug-likeness (QED) is 0.873. The molecule has 0 aliphatic carbocycles. The van der Waals surface area contributed by atoms with Crippen LogP contribution in [0.25, 0.3) is 0 Å². The largest absolute Gasteiger partial charge is 0.360 e. The van der Waals surface area contributed by atoms with Gasteiger partial charge in [0, 0.05) is 7.05 Å². The Labute approximate surface area is 139 Å². The maximum absolute atomic E-state index is 12.5. The minimum Gasteiger partial charge on any atom is -0.360 e. The van der Waals surface area contributed by atoms with Crippen molar-refractivity contribution in [2.75, 3.05) is 18.9 Å². The smallest absolute Gasteiger partial charge is 0.248 e. The molecule has 126 valence electrons. The zero-order chi connectivity index (χ0) is 17.9. The number of nitrogens with one attached hydrogen (secondary N) is 1. The lowest BCUT2D eigenvalue weighted by Gasteiger charge is -2.16. The number of carbonyl (C=O) groups is 1. The molecule has 1 N–H and O–H groups in total. The van der Waals surface area contributed by atoms with Gasteiger partial charge >= 0.3 is 0 Å². The molecule has 0 saturated carbocycles. The van der Waals surface area contributed by atoms with Gasteiger partial charge in [-0.15, -0.1) is 0 Å². The van der Waals surface area contributed by atoms with E-state index in [9.17, 15) is 13.2 Å². The average molecular weight is 348 g/mol. The molecular formula is C15H16N4O4S. The van der Waals surface area contributed by atoms with Crippen LogP contribution >= 0.6 is 0 Å². The van der Waals surface area contributed by atoms with E-state index in [0.29, 0.717) is 11.3 Å². The number of aryl methyl sites for hydroxylation is 2. The van der Waals surface area contributed by atoms with Crippen LogP contribution in [-0.2, 0) is 14.8 Å². The van der Waals surface area contributed by atoms with E-state index in [2.05, 4.69) is 10.5 Å². The minimum absolute atomic E-state index is 0.0461. The van der Waals surface area contributed by atoms with E-state index in [1.807, 2.05) is 6.07 Å². The molecule has 1 aromatic carbocycles. The molecule has 0 unspecified atom stereocenters. The van der Waals surface area contributed by atoms with Crippen molar-refractivity contribution in [1.29, 1.82) is 5.26 Å². The number of nitrogens with zero attached hydrogens (tertiary/aromatic N) is 3. The monoisotopic (exact) mass is 348 g/mol. The Balaban J connectivity index is 2.16. The number of carbonyl (C=O) groups excluding carboxylic acids is 1. The maximum atomic E-state index is 12.5. The Kier molecular flexibility index (Phi) is 5.02. The van der Waals surface area contributed by atoms with E-state index in [-0.39, 0.29) is 16.3 Å². The highest BCUT2D eigenvalue weighted by Gasteiger charge is 2.29. The summed E-state index contributed by atoms with van der Waals surface area (Å²) in [7, 11) is -2.62. The number of hydrogen-bond acceptors (Lipinski definition) is 6.